The highest BCUT2D eigenvalue weighted by molar-refractivity contribution is 5.99. The van der Waals surface area contributed by atoms with Crippen LogP contribution in [0.3, 0.4) is 0 Å². The van der Waals surface area contributed by atoms with Crippen LogP contribution < -0.4 is 15.0 Å². The van der Waals surface area contributed by atoms with Gasteiger partial charge in [-0.15, -0.1) is 0 Å². The fourth-order valence-electron chi connectivity index (χ4n) is 3.72. The molecular formula is C23H22N2O6. The summed E-state index contributed by atoms with van der Waals surface area (Å²) in [5.74, 6) is -0.491. The third kappa shape index (κ3) is 3.96. The Morgan fingerprint density at radius 3 is 2.71 bits per heavy atom. The van der Waals surface area contributed by atoms with Gasteiger partial charge in [0, 0.05) is 35.8 Å². The maximum absolute atomic E-state index is 12.4. The van der Waals surface area contributed by atoms with Crippen LogP contribution in [0.15, 0.2) is 40.8 Å². The number of carbonyl (C=O) groups is 3. The number of methoxy groups -OCH3 is 1. The molecule has 1 aliphatic heterocycles. The van der Waals surface area contributed by atoms with Gasteiger partial charge in [-0.05, 0) is 55.3 Å². The van der Waals surface area contributed by atoms with Crippen LogP contribution in [0.5, 0.6) is 5.75 Å². The second-order valence-electron chi connectivity index (χ2n) is 7.31. The first-order valence-electron chi connectivity index (χ1n) is 9.82. The summed E-state index contributed by atoms with van der Waals surface area (Å²) in [7, 11) is 1.56. The average Bonchev–Trinajstić information content (AvgIpc) is 3.32. The first-order chi connectivity index (χ1) is 14.9. The van der Waals surface area contributed by atoms with Crippen molar-refractivity contribution in [3.05, 3.63) is 53.3 Å². The predicted octanol–water partition coefficient (Wildman–Crippen LogP) is 3.45. The van der Waals surface area contributed by atoms with Gasteiger partial charge < -0.3 is 24.1 Å². The van der Waals surface area contributed by atoms with Crippen LogP contribution in [0.1, 0.15) is 28.6 Å². The van der Waals surface area contributed by atoms with Crippen LogP contribution in [0, 0.1) is 6.92 Å². The zero-order valence-electron chi connectivity index (χ0n) is 17.5. The third-order valence-electron chi connectivity index (χ3n) is 5.30. The molecule has 0 bridgehead atoms. The third-order valence-corrected chi connectivity index (χ3v) is 5.30. The molecule has 0 atom stereocenters. The zero-order valence-corrected chi connectivity index (χ0v) is 17.5. The fourth-order valence-corrected chi connectivity index (χ4v) is 3.72. The van der Waals surface area contributed by atoms with Crippen LogP contribution in [0.2, 0.25) is 0 Å². The molecule has 4 rings (SSSR count). The lowest BCUT2D eigenvalue weighted by Crippen LogP contribution is -2.25. The van der Waals surface area contributed by atoms with E-state index in [1.54, 1.807) is 49.3 Å². The second kappa shape index (κ2) is 8.14. The molecule has 0 saturated heterocycles. The van der Waals surface area contributed by atoms with Crippen molar-refractivity contribution in [3.8, 4) is 5.75 Å². The van der Waals surface area contributed by atoms with E-state index in [4.69, 9.17) is 13.9 Å². The van der Waals surface area contributed by atoms with E-state index >= 15 is 0 Å². The highest BCUT2D eigenvalue weighted by atomic mass is 16.5. The van der Waals surface area contributed by atoms with E-state index in [0.29, 0.717) is 29.1 Å². The van der Waals surface area contributed by atoms with Crippen molar-refractivity contribution in [2.75, 3.05) is 30.5 Å². The predicted molar refractivity (Wildman–Crippen MR) is 115 cm³/mol. The molecule has 8 nitrogen and oxygen atoms in total. The number of esters is 1. The molecule has 1 aliphatic rings. The Balaban J connectivity index is 1.39. The molecule has 1 N–H and O–H groups in total. The number of furan rings is 1. The van der Waals surface area contributed by atoms with Gasteiger partial charge in [0.05, 0.1) is 7.11 Å². The molecule has 0 radical (unpaired) electrons. The Labute approximate surface area is 178 Å². The molecule has 2 amide bonds. The van der Waals surface area contributed by atoms with Crippen molar-refractivity contribution >= 4 is 40.1 Å². The minimum atomic E-state index is -0.714. The van der Waals surface area contributed by atoms with Crippen molar-refractivity contribution in [1.29, 1.82) is 0 Å². The first-order valence-corrected chi connectivity index (χ1v) is 9.82. The van der Waals surface area contributed by atoms with E-state index in [-0.39, 0.29) is 11.7 Å². The summed E-state index contributed by atoms with van der Waals surface area (Å²) < 4.78 is 15.9. The second-order valence-corrected chi connectivity index (χ2v) is 7.31. The average molecular weight is 422 g/mol. The lowest BCUT2D eigenvalue weighted by molar-refractivity contribution is -0.119. The minimum Gasteiger partial charge on any atom is -0.497 e. The van der Waals surface area contributed by atoms with Gasteiger partial charge in [-0.1, -0.05) is 0 Å². The van der Waals surface area contributed by atoms with Crippen LogP contribution in [-0.2, 0) is 20.7 Å². The summed E-state index contributed by atoms with van der Waals surface area (Å²) in [5, 5.41) is 3.46. The molecule has 3 aromatic rings. The summed E-state index contributed by atoms with van der Waals surface area (Å²) in [6.07, 6.45) is 0.726. The summed E-state index contributed by atoms with van der Waals surface area (Å²) in [4.78, 5) is 38.0. The number of ether oxygens (including phenoxy) is 2. The Hall–Kier alpha value is -3.81. The summed E-state index contributed by atoms with van der Waals surface area (Å²) >= 11 is 0. The number of nitrogens with one attached hydrogen (secondary N) is 1. The summed E-state index contributed by atoms with van der Waals surface area (Å²) in [6.45, 7) is 3.45. The quantitative estimate of drug-likeness (QED) is 0.633. The Morgan fingerprint density at radius 1 is 1.16 bits per heavy atom. The van der Waals surface area contributed by atoms with E-state index in [9.17, 15) is 14.4 Å². The summed E-state index contributed by atoms with van der Waals surface area (Å²) in [5.41, 5.74) is 3.57. The van der Waals surface area contributed by atoms with Gasteiger partial charge in [0.2, 0.25) is 11.7 Å². The SMILES string of the molecule is COc1ccc2oc(C(=O)OCC(=O)Nc3ccc4c(c3)CCN4C(C)=O)c(C)c2c1. The molecule has 160 valence electrons. The van der Waals surface area contributed by atoms with Gasteiger partial charge in [0.1, 0.15) is 11.3 Å². The van der Waals surface area contributed by atoms with Gasteiger partial charge in [-0.3, -0.25) is 9.59 Å². The smallest absolute Gasteiger partial charge is 0.375 e. The molecule has 2 heterocycles. The lowest BCUT2D eigenvalue weighted by Gasteiger charge is -2.15. The maximum Gasteiger partial charge on any atom is 0.375 e. The molecule has 0 saturated carbocycles. The molecular weight excluding hydrogens is 400 g/mol. The van der Waals surface area contributed by atoms with Crippen molar-refractivity contribution in [2.24, 2.45) is 0 Å². The lowest BCUT2D eigenvalue weighted by atomic mass is 10.1. The number of rotatable bonds is 5. The number of fused-ring (bicyclic) bond motifs is 2. The topological polar surface area (TPSA) is 98.1 Å². The number of hydrogen-bond donors (Lipinski definition) is 1. The monoisotopic (exact) mass is 422 g/mol. The van der Waals surface area contributed by atoms with Crippen molar-refractivity contribution < 1.29 is 28.3 Å². The molecule has 0 spiro atoms. The van der Waals surface area contributed by atoms with Gasteiger partial charge >= 0.3 is 5.97 Å². The molecule has 0 aliphatic carbocycles. The van der Waals surface area contributed by atoms with E-state index in [0.717, 1.165) is 23.1 Å². The zero-order chi connectivity index (χ0) is 22.1. The largest absolute Gasteiger partial charge is 0.497 e. The standard InChI is InChI=1S/C23H22N2O6/c1-13-18-11-17(29-3)5-7-20(18)31-22(13)23(28)30-12-21(27)24-16-4-6-19-15(10-16)8-9-25(19)14(2)26/h4-7,10-11H,8-9,12H2,1-3H3,(H,24,27). The normalized spacial score (nSPS) is 12.5. The van der Waals surface area contributed by atoms with Crippen LogP contribution in [-0.4, -0.2) is 38.0 Å². The number of hydrogen-bond acceptors (Lipinski definition) is 6. The fraction of sp³-hybridized carbons (Fsp3) is 0.261. The molecule has 0 unspecified atom stereocenters. The van der Waals surface area contributed by atoms with Gasteiger partial charge in [0.25, 0.3) is 5.91 Å². The van der Waals surface area contributed by atoms with E-state index in [1.165, 1.54) is 6.92 Å². The summed E-state index contributed by atoms with van der Waals surface area (Å²) in [6, 6.07) is 10.6. The Kier molecular flexibility index (Phi) is 5.37. The minimum absolute atomic E-state index is 0.0122. The van der Waals surface area contributed by atoms with Crippen LogP contribution in [0.25, 0.3) is 11.0 Å². The molecule has 0 fully saturated rings. The molecule has 1 aromatic heterocycles. The number of benzene rings is 2. The van der Waals surface area contributed by atoms with Crippen LogP contribution in [0.4, 0.5) is 11.4 Å². The van der Waals surface area contributed by atoms with E-state index in [1.807, 2.05) is 6.07 Å². The Bertz CT molecular complexity index is 1200. The van der Waals surface area contributed by atoms with E-state index < -0.39 is 18.5 Å². The number of amides is 2. The molecule has 2 aromatic carbocycles. The van der Waals surface area contributed by atoms with Crippen LogP contribution >= 0.6 is 0 Å². The first kappa shape index (κ1) is 20.5. The van der Waals surface area contributed by atoms with Gasteiger partial charge in [-0.2, -0.15) is 0 Å². The van der Waals surface area contributed by atoms with Gasteiger partial charge in [0.15, 0.2) is 6.61 Å². The number of nitrogens with zero attached hydrogens (tertiary/aromatic N) is 1. The van der Waals surface area contributed by atoms with Crippen molar-refractivity contribution in [1.82, 2.24) is 0 Å². The van der Waals surface area contributed by atoms with Gasteiger partial charge in [-0.25, -0.2) is 4.79 Å². The van der Waals surface area contributed by atoms with E-state index in [2.05, 4.69) is 5.32 Å². The number of carbonyl (C=O) groups excluding carboxylic acids is 3. The maximum atomic E-state index is 12.4. The highest BCUT2D eigenvalue weighted by Crippen LogP contribution is 2.31. The number of aryl methyl sites for hydroxylation is 1. The Morgan fingerprint density at radius 2 is 1.97 bits per heavy atom. The highest BCUT2D eigenvalue weighted by Gasteiger charge is 2.23. The molecule has 8 heteroatoms. The molecule has 31 heavy (non-hydrogen) atoms. The number of anilines is 2. The van der Waals surface area contributed by atoms with Crippen molar-refractivity contribution in [2.45, 2.75) is 20.3 Å². The van der Waals surface area contributed by atoms with Crippen molar-refractivity contribution in [3.63, 3.8) is 0 Å².